The van der Waals surface area contributed by atoms with Gasteiger partial charge in [-0.25, -0.2) is 9.07 Å². The van der Waals surface area contributed by atoms with Crippen molar-refractivity contribution >= 4 is 29.3 Å². The first kappa shape index (κ1) is 18.2. The van der Waals surface area contributed by atoms with E-state index >= 15 is 0 Å². The van der Waals surface area contributed by atoms with Crippen molar-refractivity contribution in [2.45, 2.75) is 18.1 Å². The maximum atomic E-state index is 13.5. The summed E-state index contributed by atoms with van der Waals surface area (Å²) in [5.41, 5.74) is 2.62. The number of para-hydroxylation sites is 1. The number of hydrogen-bond acceptors (Lipinski definition) is 5. The Balaban J connectivity index is 1.79. The topological polar surface area (TPSA) is 71.8 Å². The minimum absolute atomic E-state index is 0.252. The van der Waals surface area contributed by atoms with Crippen LogP contribution in [0.1, 0.15) is 18.5 Å². The summed E-state index contributed by atoms with van der Waals surface area (Å²) >= 11 is 1.41. The predicted molar refractivity (Wildman–Crippen MR) is 108 cm³/mol. The number of carbonyl (C=O) groups excluding carboxylic acids is 1. The number of nitrogens with zero attached hydrogens (tertiary/aromatic N) is 3. The van der Waals surface area contributed by atoms with Crippen LogP contribution in [0.5, 0.6) is 0 Å². The molecule has 4 rings (SSSR count). The van der Waals surface area contributed by atoms with Crippen molar-refractivity contribution in [1.82, 2.24) is 14.8 Å². The zero-order valence-corrected chi connectivity index (χ0v) is 16.1. The van der Waals surface area contributed by atoms with Crippen LogP contribution >= 0.6 is 11.8 Å². The third-order valence-corrected chi connectivity index (χ3v) is 5.02. The third-order valence-electron chi connectivity index (χ3n) is 4.48. The highest BCUT2D eigenvalue weighted by molar-refractivity contribution is 7.98. The smallest absolute Gasteiger partial charge is 0.255 e. The van der Waals surface area contributed by atoms with Gasteiger partial charge in [-0.1, -0.05) is 42.1 Å². The second kappa shape index (κ2) is 7.47. The summed E-state index contributed by atoms with van der Waals surface area (Å²) in [5.74, 6) is -0.0397. The zero-order chi connectivity index (χ0) is 19.7. The number of thioether (sulfide) groups is 1. The van der Waals surface area contributed by atoms with E-state index in [1.807, 2.05) is 43.5 Å². The molecule has 1 aliphatic heterocycles. The van der Waals surface area contributed by atoms with Gasteiger partial charge in [-0.05, 0) is 43.0 Å². The first-order valence-electron chi connectivity index (χ1n) is 8.67. The number of carbonyl (C=O) groups is 1. The molecule has 1 aliphatic rings. The molecule has 0 bridgehead atoms. The van der Waals surface area contributed by atoms with E-state index < -0.39 is 6.04 Å². The molecular weight excluding hydrogens is 377 g/mol. The molecule has 0 saturated carbocycles. The van der Waals surface area contributed by atoms with E-state index in [0.717, 1.165) is 5.56 Å². The molecule has 3 aromatic rings. The van der Waals surface area contributed by atoms with Gasteiger partial charge in [0.2, 0.25) is 11.1 Å². The molecule has 1 unspecified atom stereocenters. The Morgan fingerprint density at radius 2 is 1.89 bits per heavy atom. The molecule has 0 aliphatic carbocycles. The van der Waals surface area contributed by atoms with Crippen LogP contribution < -0.4 is 10.6 Å². The SMILES string of the molecule is CSc1nc2n(n1)C(c1ccc(F)cc1)C(C(=O)Nc1ccccc1)=C(C)N2. The molecule has 0 radical (unpaired) electrons. The maximum absolute atomic E-state index is 13.5. The lowest BCUT2D eigenvalue weighted by atomic mass is 9.95. The standard InChI is InChI=1S/C20H18FN5OS/c1-12-16(18(27)23-15-6-4-3-5-7-15)17(13-8-10-14(21)11-9-13)26-19(22-12)24-20(25-26)28-2/h3-11,17H,1-2H3,(H,23,27)(H,22,24,25). The summed E-state index contributed by atoms with van der Waals surface area (Å²) < 4.78 is 15.2. The number of aromatic nitrogens is 3. The van der Waals surface area contributed by atoms with Crippen molar-refractivity contribution in [3.63, 3.8) is 0 Å². The number of hydrogen-bond donors (Lipinski definition) is 2. The average molecular weight is 395 g/mol. The molecule has 2 heterocycles. The minimum Gasteiger partial charge on any atom is -0.328 e. The Hall–Kier alpha value is -3.13. The van der Waals surface area contributed by atoms with Crippen molar-refractivity contribution in [1.29, 1.82) is 0 Å². The van der Waals surface area contributed by atoms with Crippen molar-refractivity contribution in [3.05, 3.63) is 77.2 Å². The van der Waals surface area contributed by atoms with E-state index in [1.54, 1.807) is 16.8 Å². The van der Waals surface area contributed by atoms with Gasteiger partial charge < -0.3 is 10.6 Å². The minimum atomic E-state index is -0.519. The number of allylic oxidation sites excluding steroid dienone is 1. The van der Waals surface area contributed by atoms with Crippen molar-refractivity contribution in [2.24, 2.45) is 0 Å². The second-order valence-corrected chi connectivity index (χ2v) is 7.08. The van der Waals surface area contributed by atoms with Crippen molar-refractivity contribution in [3.8, 4) is 0 Å². The first-order valence-corrected chi connectivity index (χ1v) is 9.89. The molecule has 142 valence electrons. The fraction of sp³-hybridized carbons (Fsp3) is 0.150. The highest BCUT2D eigenvalue weighted by Crippen LogP contribution is 2.36. The van der Waals surface area contributed by atoms with Gasteiger partial charge in [0.1, 0.15) is 11.9 Å². The first-order chi connectivity index (χ1) is 13.6. The lowest BCUT2D eigenvalue weighted by molar-refractivity contribution is -0.113. The van der Waals surface area contributed by atoms with Crippen molar-refractivity contribution < 1.29 is 9.18 Å². The van der Waals surface area contributed by atoms with E-state index in [1.165, 1.54) is 23.9 Å². The fourth-order valence-electron chi connectivity index (χ4n) is 3.19. The number of fused-ring (bicyclic) bond motifs is 1. The fourth-order valence-corrected chi connectivity index (χ4v) is 3.53. The molecule has 2 N–H and O–H groups in total. The number of nitrogens with one attached hydrogen (secondary N) is 2. The van der Waals surface area contributed by atoms with Gasteiger partial charge >= 0.3 is 0 Å². The Labute approximate surface area is 165 Å². The quantitative estimate of drug-likeness (QED) is 0.652. The van der Waals surface area contributed by atoms with Gasteiger partial charge in [0.25, 0.3) is 5.91 Å². The molecule has 0 spiro atoms. The Bertz CT molecular complexity index is 1050. The molecule has 6 nitrogen and oxygen atoms in total. The van der Waals surface area contributed by atoms with E-state index in [2.05, 4.69) is 20.7 Å². The Morgan fingerprint density at radius 3 is 2.57 bits per heavy atom. The highest BCUT2D eigenvalue weighted by atomic mass is 32.2. The lowest BCUT2D eigenvalue weighted by Crippen LogP contribution is -2.31. The number of halogens is 1. The monoisotopic (exact) mass is 395 g/mol. The summed E-state index contributed by atoms with van der Waals surface area (Å²) in [6, 6.07) is 14.8. The van der Waals surface area contributed by atoms with Gasteiger partial charge in [-0.2, -0.15) is 4.98 Å². The van der Waals surface area contributed by atoms with Gasteiger partial charge in [-0.15, -0.1) is 5.10 Å². The van der Waals surface area contributed by atoms with Crippen LogP contribution in [0, 0.1) is 5.82 Å². The summed E-state index contributed by atoms with van der Waals surface area (Å²) in [6.07, 6.45) is 1.89. The molecular formula is C20H18FN5OS. The number of benzene rings is 2. The van der Waals surface area contributed by atoms with E-state index in [-0.39, 0.29) is 11.7 Å². The van der Waals surface area contributed by atoms with Gasteiger partial charge in [0, 0.05) is 11.4 Å². The summed E-state index contributed by atoms with van der Waals surface area (Å²) in [5, 5.41) is 11.2. The number of amides is 1. The molecule has 8 heteroatoms. The van der Waals surface area contributed by atoms with Crippen LogP contribution in [-0.4, -0.2) is 26.9 Å². The number of rotatable bonds is 4. The average Bonchev–Trinajstić information content (AvgIpc) is 3.11. The van der Waals surface area contributed by atoms with Crippen LogP contribution in [-0.2, 0) is 4.79 Å². The van der Waals surface area contributed by atoms with Gasteiger partial charge in [-0.3, -0.25) is 4.79 Å². The third kappa shape index (κ3) is 3.38. The predicted octanol–water partition coefficient (Wildman–Crippen LogP) is 4.07. The second-order valence-electron chi connectivity index (χ2n) is 6.30. The largest absolute Gasteiger partial charge is 0.328 e. The highest BCUT2D eigenvalue weighted by Gasteiger charge is 2.34. The van der Waals surface area contributed by atoms with Crippen LogP contribution in [0.15, 0.2) is 71.0 Å². The molecule has 0 saturated heterocycles. The normalized spacial score (nSPS) is 15.8. The van der Waals surface area contributed by atoms with E-state index in [0.29, 0.717) is 28.1 Å². The Morgan fingerprint density at radius 1 is 1.18 bits per heavy atom. The van der Waals surface area contributed by atoms with Crippen molar-refractivity contribution in [2.75, 3.05) is 16.9 Å². The van der Waals surface area contributed by atoms with Crippen LogP contribution in [0.4, 0.5) is 16.0 Å². The summed E-state index contributed by atoms with van der Waals surface area (Å²) in [4.78, 5) is 17.6. The van der Waals surface area contributed by atoms with E-state index in [4.69, 9.17) is 0 Å². The van der Waals surface area contributed by atoms with Crippen LogP contribution in [0.25, 0.3) is 0 Å². The van der Waals surface area contributed by atoms with Crippen LogP contribution in [0.3, 0.4) is 0 Å². The summed E-state index contributed by atoms with van der Waals surface area (Å²) in [7, 11) is 0. The van der Waals surface area contributed by atoms with Crippen LogP contribution in [0.2, 0.25) is 0 Å². The lowest BCUT2D eigenvalue weighted by Gasteiger charge is -2.28. The molecule has 1 amide bonds. The van der Waals surface area contributed by atoms with Gasteiger partial charge in [0.05, 0.1) is 5.57 Å². The molecule has 2 aromatic carbocycles. The Kier molecular flexibility index (Phi) is 4.87. The molecule has 1 atom stereocenters. The molecule has 0 fully saturated rings. The zero-order valence-electron chi connectivity index (χ0n) is 15.3. The number of anilines is 2. The maximum Gasteiger partial charge on any atom is 0.255 e. The molecule has 28 heavy (non-hydrogen) atoms. The summed E-state index contributed by atoms with van der Waals surface area (Å²) in [6.45, 7) is 1.83. The van der Waals surface area contributed by atoms with E-state index in [9.17, 15) is 9.18 Å². The van der Waals surface area contributed by atoms with Gasteiger partial charge in [0.15, 0.2) is 0 Å². The molecule has 1 aromatic heterocycles.